The molecule has 0 atom stereocenters. The van der Waals surface area contributed by atoms with E-state index in [0.29, 0.717) is 0 Å². The largest absolute Gasteiger partial charge is 0.494 e. The zero-order valence-corrected chi connectivity index (χ0v) is 15.2. The third-order valence-corrected chi connectivity index (χ3v) is 6.03. The molecule has 0 unspecified atom stereocenters. The lowest BCUT2D eigenvalue weighted by molar-refractivity contribution is 0.00578. The molecule has 0 saturated carbocycles. The summed E-state index contributed by atoms with van der Waals surface area (Å²) in [6.45, 7) is 8.30. The van der Waals surface area contributed by atoms with Gasteiger partial charge < -0.3 is 9.31 Å². The summed E-state index contributed by atoms with van der Waals surface area (Å²) < 4.78 is 13.5. The van der Waals surface area contributed by atoms with Crippen LogP contribution in [0.4, 0.5) is 0 Å². The van der Waals surface area contributed by atoms with E-state index in [0.717, 1.165) is 26.3 Å². The van der Waals surface area contributed by atoms with Crippen LogP contribution in [0.3, 0.4) is 0 Å². The average molecular weight is 337 g/mol. The molecule has 122 valence electrons. The van der Waals surface area contributed by atoms with Gasteiger partial charge in [0.25, 0.3) is 0 Å². The van der Waals surface area contributed by atoms with Crippen LogP contribution in [0.1, 0.15) is 27.7 Å². The second kappa shape index (κ2) is 5.41. The summed E-state index contributed by atoms with van der Waals surface area (Å²) in [5, 5.41) is 1.04. The standard InChI is InChI=1S/C19H20BNO2S/c1-18(2)19(3,4)23-20(22-18)14-10-11-15-16(12-14)24-17(21-15)13-8-6-5-7-9-13/h5-12H,1-4H3. The maximum Gasteiger partial charge on any atom is 0.494 e. The third kappa shape index (κ3) is 2.57. The lowest BCUT2D eigenvalue weighted by Gasteiger charge is -2.32. The Bertz CT molecular complexity index is 873. The predicted molar refractivity (Wildman–Crippen MR) is 101 cm³/mol. The molecular weight excluding hydrogens is 317 g/mol. The predicted octanol–water partition coefficient (Wildman–Crippen LogP) is 4.26. The van der Waals surface area contributed by atoms with Crippen LogP contribution in [0.2, 0.25) is 0 Å². The molecule has 0 radical (unpaired) electrons. The fourth-order valence-corrected chi connectivity index (χ4v) is 3.79. The Morgan fingerprint density at radius 2 is 1.58 bits per heavy atom. The summed E-state index contributed by atoms with van der Waals surface area (Å²) in [6, 6.07) is 16.5. The molecule has 1 fully saturated rings. The van der Waals surface area contributed by atoms with E-state index >= 15 is 0 Å². The van der Waals surface area contributed by atoms with Crippen molar-refractivity contribution in [3.63, 3.8) is 0 Å². The van der Waals surface area contributed by atoms with Gasteiger partial charge in [-0.3, -0.25) is 0 Å². The molecule has 0 spiro atoms. The number of nitrogens with zero attached hydrogens (tertiary/aromatic N) is 1. The lowest BCUT2D eigenvalue weighted by atomic mass is 9.79. The Morgan fingerprint density at radius 3 is 2.25 bits per heavy atom. The Labute approximate surface area is 146 Å². The number of hydrogen-bond donors (Lipinski definition) is 0. The maximum atomic E-state index is 6.15. The minimum absolute atomic E-state index is 0.324. The summed E-state index contributed by atoms with van der Waals surface area (Å²) in [5.41, 5.74) is 2.56. The van der Waals surface area contributed by atoms with Gasteiger partial charge in [0, 0.05) is 5.56 Å². The van der Waals surface area contributed by atoms with E-state index < -0.39 is 0 Å². The molecule has 2 heterocycles. The zero-order valence-electron chi connectivity index (χ0n) is 14.4. The van der Waals surface area contributed by atoms with Crippen molar-refractivity contribution in [1.82, 2.24) is 4.98 Å². The Kier molecular flexibility index (Phi) is 3.57. The van der Waals surface area contributed by atoms with Gasteiger partial charge in [-0.15, -0.1) is 11.3 Å². The fraction of sp³-hybridized carbons (Fsp3) is 0.316. The number of benzene rings is 2. The molecule has 4 rings (SSSR count). The van der Waals surface area contributed by atoms with E-state index in [9.17, 15) is 0 Å². The van der Waals surface area contributed by atoms with Crippen molar-refractivity contribution in [1.29, 1.82) is 0 Å². The van der Waals surface area contributed by atoms with Gasteiger partial charge in [-0.25, -0.2) is 4.98 Å². The minimum atomic E-state index is -0.332. The third-order valence-electron chi connectivity index (χ3n) is 4.96. The van der Waals surface area contributed by atoms with Crippen LogP contribution in [-0.4, -0.2) is 23.3 Å². The number of fused-ring (bicyclic) bond motifs is 1. The van der Waals surface area contributed by atoms with E-state index in [1.807, 2.05) is 18.2 Å². The van der Waals surface area contributed by atoms with E-state index in [1.54, 1.807) is 11.3 Å². The van der Waals surface area contributed by atoms with Gasteiger partial charge in [-0.05, 0) is 45.3 Å². The first-order valence-electron chi connectivity index (χ1n) is 8.17. The number of hydrogen-bond acceptors (Lipinski definition) is 4. The molecule has 0 aliphatic carbocycles. The normalized spacial score (nSPS) is 19.1. The van der Waals surface area contributed by atoms with E-state index in [1.165, 1.54) is 0 Å². The maximum absolute atomic E-state index is 6.15. The number of aromatic nitrogens is 1. The zero-order chi connectivity index (χ0) is 16.9. The van der Waals surface area contributed by atoms with Gasteiger partial charge in [-0.2, -0.15) is 0 Å². The van der Waals surface area contributed by atoms with Crippen LogP contribution in [0.5, 0.6) is 0 Å². The van der Waals surface area contributed by atoms with Crippen molar-refractivity contribution in [3.05, 3.63) is 48.5 Å². The highest BCUT2D eigenvalue weighted by Crippen LogP contribution is 2.37. The van der Waals surface area contributed by atoms with Crippen LogP contribution in [0.15, 0.2) is 48.5 Å². The first kappa shape index (κ1) is 15.8. The molecule has 3 aromatic rings. The van der Waals surface area contributed by atoms with E-state index in [4.69, 9.17) is 14.3 Å². The molecule has 5 heteroatoms. The number of rotatable bonds is 2. The molecule has 1 saturated heterocycles. The Balaban J connectivity index is 1.70. The second-order valence-electron chi connectivity index (χ2n) is 7.20. The SMILES string of the molecule is CC1(C)OB(c2ccc3nc(-c4ccccc4)sc3c2)OC1(C)C. The summed E-state index contributed by atoms with van der Waals surface area (Å²) in [7, 11) is -0.332. The van der Waals surface area contributed by atoms with Crippen LogP contribution in [0, 0.1) is 0 Å². The molecule has 0 N–H and O–H groups in total. The molecular formula is C19H20BNO2S. The molecule has 0 bridgehead atoms. The Morgan fingerprint density at radius 1 is 0.917 bits per heavy atom. The molecule has 24 heavy (non-hydrogen) atoms. The van der Waals surface area contributed by atoms with Crippen molar-refractivity contribution >= 4 is 34.1 Å². The first-order chi connectivity index (χ1) is 11.4. The molecule has 1 aliphatic heterocycles. The monoisotopic (exact) mass is 337 g/mol. The van der Waals surface area contributed by atoms with Gasteiger partial charge in [0.05, 0.1) is 21.4 Å². The highest BCUT2D eigenvalue weighted by molar-refractivity contribution is 7.21. The van der Waals surface area contributed by atoms with Crippen molar-refractivity contribution in [3.8, 4) is 10.6 Å². The van der Waals surface area contributed by atoms with Crippen molar-refractivity contribution in [2.45, 2.75) is 38.9 Å². The van der Waals surface area contributed by atoms with Crippen LogP contribution in [0.25, 0.3) is 20.8 Å². The highest BCUT2D eigenvalue weighted by atomic mass is 32.1. The van der Waals surface area contributed by atoms with Crippen molar-refractivity contribution in [2.24, 2.45) is 0 Å². The fourth-order valence-electron chi connectivity index (χ4n) is 2.77. The summed E-state index contributed by atoms with van der Waals surface area (Å²) in [4.78, 5) is 4.74. The smallest absolute Gasteiger partial charge is 0.399 e. The first-order valence-corrected chi connectivity index (χ1v) is 8.99. The summed E-state index contributed by atoms with van der Waals surface area (Å²) >= 11 is 1.70. The topological polar surface area (TPSA) is 31.4 Å². The van der Waals surface area contributed by atoms with Crippen molar-refractivity contribution < 1.29 is 9.31 Å². The van der Waals surface area contributed by atoms with Crippen molar-refractivity contribution in [2.75, 3.05) is 0 Å². The van der Waals surface area contributed by atoms with Crippen LogP contribution in [-0.2, 0) is 9.31 Å². The lowest BCUT2D eigenvalue weighted by Crippen LogP contribution is -2.41. The molecule has 1 aromatic heterocycles. The second-order valence-corrected chi connectivity index (χ2v) is 8.23. The van der Waals surface area contributed by atoms with Crippen LogP contribution < -0.4 is 5.46 Å². The summed E-state index contributed by atoms with van der Waals surface area (Å²) in [6.07, 6.45) is 0. The van der Waals surface area contributed by atoms with Gasteiger partial charge in [-0.1, -0.05) is 36.4 Å². The summed E-state index contributed by atoms with van der Waals surface area (Å²) in [5.74, 6) is 0. The number of thiazole rings is 1. The quantitative estimate of drug-likeness (QED) is 0.655. The molecule has 1 aliphatic rings. The highest BCUT2D eigenvalue weighted by Gasteiger charge is 2.51. The van der Waals surface area contributed by atoms with Gasteiger partial charge in [0.15, 0.2) is 0 Å². The van der Waals surface area contributed by atoms with Crippen LogP contribution >= 0.6 is 11.3 Å². The minimum Gasteiger partial charge on any atom is -0.399 e. The van der Waals surface area contributed by atoms with E-state index in [-0.39, 0.29) is 18.3 Å². The van der Waals surface area contributed by atoms with E-state index in [2.05, 4.69) is 58.0 Å². The molecule has 3 nitrogen and oxygen atoms in total. The van der Waals surface area contributed by atoms with Gasteiger partial charge >= 0.3 is 7.12 Å². The van der Waals surface area contributed by atoms with Gasteiger partial charge in [0.1, 0.15) is 5.01 Å². The Hall–Kier alpha value is -1.69. The average Bonchev–Trinajstić information content (AvgIpc) is 3.06. The van der Waals surface area contributed by atoms with Gasteiger partial charge in [0.2, 0.25) is 0 Å². The molecule has 2 aromatic carbocycles. The molecule has 0 amide bonds.